The summed E-state index contributed by atoms with van der Waals surface area (Å²) >= 11 is 0. The van der Waals surface area contributed by atoms with Crippen molar-refractivity contribution in [2.24, 2.45) is 0 Å². The minimum absolute atomic E-state index is 0.103. The summed E-state index contributed by atoms with van der Waals surface area (Å²) in [6, 6.07) is 9.53. The van der Waals surface area contributed by atoms with E-state index in [0.29, 0.717) is 5.56 Å². The molecular formula is C21H22F3NO3. The normalized spacial score (nSPS) is 12.5. The summed E-state index contributed by atoms with van der Waals surface area (Å²) in [7, 11) is 0. The van der Waals surface area contributed by atoms with E-state index in [1.54, 1.807) is 0 Å². The van der Waals surface area contributed by atoms with Gasteiger partial charge in [0.15, 0.2) is 0 Å². The Kier molecular flexibility index (Phi) is 6.83. The Hall–Kier alpha value is -2.83. The molecule has 150 valence electrons. The summed E-state index contributed by atoms with van der Waals surface area (Å²) in [6.07, 6.45) is -4.52. The Morgan fingerprint density at radius 1 is 1.00 bits per heavy atom. The second-order valence-corrected chi connectivity index (χ2v) is 6.93. The predicted octanol–water partition coefficient (Wildman–Crippen LogP) is 4.07. The predicted molar refractivity (Wildman–Crippen MR) is 99.0 cm³/mol. The fourth-order valence-electron chi connectivity index (χ4n) is 3.13. The lowest BCUT2D eigenvalue weighted by molar-refractivity contribution is -0.138. The molecule has 0 spiro atoms. The first-order chi connectivity index (χ1) is 13.0. The smallest absolute Gasteiger partial charge is 0.416 e. The van der Waals surface area contributed by atoms with Crippen molar-refractivity contribution in [3.8, 4) is 0 Å². The van der Waals surface area contributed by atoms with Crippen LogP contribution in [-0.2, 0) is 28.6 Å². The van der Waals surface area contributed by atoms with Crippen molar-refractivity contribution in [2.75, 3.05) is 0 Å². The average Bonchev–Trinajstić information content (AvgIpc) is 2.52. The summed E-state index contributed by atoms with van der Waals surface area (Å²) in [4.78, 5) is 23.5. The molecule has 2 rings (SSSR count). The average molecular weight is 393 g/mol. The zero-order valence-electron chi connectivity index (χ0n) is 15.6. The number of aliphatic carboxylic acids is 1. The molecule has 0 saturated carbocycles. The number of amides is 1. The zero-order chi connectivity index (χ0) is 20.9. The van der Waals surface area contributed by atoms with E-state index in [0.717, 1.165) is 28.8 Å². The SMILES string of the molecule is Cc1cc(C)cc(CC(=O)NC(CC(=O)O)Cc2ccc(C(F)(F)F)cc2)c1. The number of alkyl halides is 3. The number of benzene rings is 2. The number of aryl methyl sites for hydroxylation is 2. The lowest BCUT2D eigenvalue weighted by Crippen LogP contribution is -2.39. The molecule has 7 heteroatoms. The first-order valence-corrected chi connectivity index (χ1v) is 8.77. The van der Waals surface area contributed by atoms with Gasteiger partial charge in [-0.2, -0.15) is 13.2 Å². The molecule has 0 saturated heterocycles. The van der Waals surface area contributed by atoms with Crippen LogP contribution in [0.2, 0.25) is 0 Å². The highest BCUT2D eigenvalue weighted by Gasteiger charge is 2.30. The van der Waals surface area contributed by atoms with E-state index in [2.05, 4.69) is 5.32 Å². The molecular weight excluding hydrogens is 371 g/mol. The van der Waals surface area contributed by atoms with Gasteiger partial charge >= 0.3 is 12.1 Å². The Bertz CT molecular complexity index is 825. The van der Waals surface area contributed by atoms with Crippen molar-refractivity contribution < 1.29 is 27.9 Å². The van der Waals surface area contributed by atoms with Gasteiger partial charge in [0.25, 0.3) is 0 Å². The van der Waals surface area contributed by atoms with Crippen LogP contribution in [-0.4, -0.2) is 23.0 Å². The number of carboxylic acids is 1. The summed E-state index contributed by atoms with van der Waals surface area (Å²) in [5.41, 5.74) is 2.61. The minimum atomic E-state index is -4.43. The maximum Gasteiger partial charge on any atom is 0.416 e. The van der Waals surface area contributed by atoms with E-state index in [4.69, 9.17) is 5.11 Å². The van der Waals surface area contributed by atoms with Crippen LogP contribution in [0.15, 0.2) is 42.5 Å². The van der Waals surface area contributed by atoms with Gasteiger partial charge in [-0.1, -0.05) is 41.5 Å². The molecule has 1 atom stereocenters. The van der Waals surface area contributed by atoms with Crippen molar-refractivity contribution in [3.05, 3.63) is 70.3 Å². The van der Waals surface area contributed by atoms with E-state index in [1.165, 1.54) is 12.1 Å². The monoisotopic (exact) mass is 393 g/mol. The third-order valence-electron chi connectivity index (χ3n) is 4.20. The Labute approximate surface area is 161 Å². The third-order valence-corrected chi connectivity index (χ3v) is 4.20. The van der Waals surface area contributed by atoms with Crippen LogP contribution in [0.1, 0.15) is 34.2 Å². The molecule has 4 nitrogen and oxygen atoms in total. The van der Waals surface area contributed by atoms with E-state index in [9.17, 15) is 22.8 Å². The van der Waals surface area contributed by atoms with Crippen LogP contribution in [0, 0.1) is 13.8 Å². The van der Waals surface area contributed by atoms with Crippen molar-refractivity contribution >= 4 is 11.9 Å². The van der Waals surface area contributed by atoms with E-state index in [-0.39, 0.29) is 25.2 Å². The number of hydrogen-bond acceptors (Lipinski definition) is 2. The van der Waals surface area contributed by atoms with Crippen LogP contribution in [0.4, 0.5) is 13.2 Å². The second kappa shape index (κ2) is 8.91. The molecule has 0 heterocycles. The number of rotatable bonds is 7. The lowest BCUT2D eigenvalue weighted by Gasteiger charge is -2.18. The molecule has 2 aromatic rings. The van der Waals surface area contributed by atoms with E-state index in [1.807, 2.05) is 32.0 Å². The fraction of sp³-hybridized carbons (Fsp3) is 0.333. The summed E-state index contributed by atoms with van der Waals surface area (Å²) < 4.78 is 38.0. The number of carboxylic acid groups (broad SMARTS) is 1. The highest BCUT2D eigenvalue weighted by molar-refractivity contribution is 5.80. The molecule has 0 fully saturated rings. The maximum absolute atomic E-state index is 12.7. The zero-order valence-corrected chi connectivity index (χ0v) is 15.6. The number of halogens is 3. The largest absolute Gasteiger partial charge is 0.481 e. The van der Waals surface area contributed by atoms with Crippen LogP contribution in [0.5, 0.6) is 0 Å². The standard InChI is InChI=1S/C21H22F3NO3/c1-13-7-14(2)9-16(8-13)11-19(26)25-18(12-20(27)28)10-15-3-5-17(6-4-15)21(22,23)24/h3-9,18H,10-12H2,1-2H3,(H,25,26)(H,27,28). The Morgan fingerprint density at radius 2 is 1.57 bits per heavy atom. The van der Waals surface area contributed by atoms with Gasteiger partial charge in [-0.3, -0.25) is 9.59 Å². The lowest BCUT2D eigenvalue weighted by atomic mass is 10.0. The Balaban J connectivity index is 2.06. The first-order valence-electron chi connectivity index (χ1n) is 8.77. The molecule has 0 bridgehead atoms. The summed E-state index contributed by atoms with van der Waals surface area (Å²) in [5.74, 6) is -1.42. The minimum Gasteiger partial charge on any atom is -0.481 e. The van der Waals surface area contributed by atoms with Crippen molar-refractivity contribution in [1.29, 1.82) is 0 Å². The van der Waals surface area contributed by atoms with E-state index >= 15 is 0 Å². The van der Waals surface area contributed by atoms with Crippen LogP contribution < -0.4 is 5.32 Å². The quantitative estimate of drug-likeness (QED) is 0.745. The van der Waals surface area contributed by atoms with Gasteiger partial charge in [0, 0.05) is 6.04 Å². The highest BCUT2D eigenvalue weighted by Crippen LogP contribution is 2.29. The van der Waals surface area contributed by atoms with Gasteiger partial charge in [0.2, 0.25) is 5.91 Å². The topological polar surface area (TPSA) is 66.4 Å². The first kappa shape index (κ1) is 21.5. The van der Waals surface area contributed by atoms with E-state index < -0.39 is 23.8 Å². The molecule has 0 aliphatic heterocycles. The van der Waals surface area contributed by atoms with Gasteiger partial charge in [-0.25, -0.2) is 0 Å². The van der Waals surface area contributed by atoms with Crippen molar-refractivity contribution in [3.63, 3.8) is 0 Å². The van der Waals surface area contributed by atoms with Gasteiger partial charge in [-0.15, -0.1) is 0 Å². The van der Waals surface area contributed by atoms with Crippen LogP contribution >= 0.6 is 0 Å². The number of hydrogen-bond donors (Lipinski definition) is 2. The van der Waals surface area contributed by atoms with Crippen molar-refractivity contribution in [2.45, 2.75) is 45.3 Å². The van der Waals surface area contributed by atoms with Crippen molar-refractivity contribution in [1.82, 2.24) is 5.32 Å². The number of nitrogens with one attached hydrogen (secondary N) is 1. The summed E-state index contributed by atoms with van der Waals surface area (Å²) in [5, 5.41) is 11.8. The van der Waals surface area contributed by atoms with Crippen LogP contribution in [0.3, 0.4) is 0 Å². The molecule has 28 heavy (non-hydrogen) atoms. The summed E-state index contributed by atoms with van der Waals surface area (Å²) in [6.45, 7) is 3.85. The number of carbonyl (C=O) groups excluding carboxylic acids is 1. The molecule has 1 amide bonds. The fourth-order valence-corrected chi connectivity index (χ4v) is 3.13. The molecule has 1 unspecified atom stereocenters. The Morgan fingerprint density at radius 3 is 2.07 bits per heavy atom. The maximum atomic E-state index is 12.7. The molecule has 0 aromatic heterocycles. The van der Waals surface area contributed by atoms with Gasteiger partial charge in [-0.05, 0) is 43.5 Å². The molecule has 0 radical (unpaired) electrons. The molecule has 0 aliphatic rings. The second-order valence-electron chi connectivity index (χ2n) is 6.93. The number of carbonyl (C=O) groups is 2. The van der Waals surface area contributed by atoms with Gasteiger partial charge in [0.05, 0.1) is 18.4 Å². The molecule has 2 aromatic carbocycles. The van der Waals surface area contributed by atoms with Gasteiger partial charge in [0.1, 0.15) is 0 Å². The third kappa shape index (κ3) is 6.72. The van der Waals surface area contributed by atoms with Gasteiger partial charge < -0.3 is 10.4 Å². The van der Waals surface area contributed by atoms with Crippen LogP contribution in [0.25, 0.3) is 0 Å². The molecule has 2 N–H and O–H groups in total. The molecule has 0 aliphatic carbocycles. The highest BCUT2D eigenvalue weighted by atomic mass is 19.4.